The molecule has 0 saturated carbocycles. The van der Waals surface area contributed by atoms with Crippen LogP contribution in [0.5, 0.6) is 5.75 Å². The highest BCUT2D eigenvalue weighted by molar-refractivity contribution is 5.88. The Kier molecular flexibility index (Phi) is 5.02. The zero-order valence-corrected chi connectivity index (χ0v) is 14.9. The molecule has 134 valence electrons. The number of aryl methyl sites for hydroxylation is 2. The topological polar surface area (TPSA) is 81.4 Å². The number of hydrogen-bond donors (Lipinski definition) is 1. The van der Waals surface area contributed by atoms with Crippen LogP contribution in [0, 0.1) is 13.8 Å². The fraction of sp³-hybridized carbons (Fsp3) is 0.250. The number of hydrogen-bond acceptors (Lipinski definition) is 5. The molecule has 1 atom stereocenters. The summed E-state index contributed by atoms with van der Waals surface area (Å²) in [6.45, 7) is 5.75. The largest absolute Gasteiger partial charge is 0.480 e. The van der Waals surface area contributed by atoms with Crippen LogP contribution in [0.25, 0.3) is 11.0 Å². The normalized spacial score (nSPS) is 12.0. The molecule has 0 aliphatic heterocycles. The highest BCUT2D eigenvalue weighted by Gasteiger charge is 2.18. The first-order valence-corrected chi connectivity index (χ1v) is 8.32. The Morgan fingerprint density at radius 2 is 2.12 bits per heavy atom. The molecular formula is C20H20N2O4. The van der Waals surface area contributed by atoms with Crippen LogP contribution < -0.4 is 15.7 Å². The van der Waals surface area contributed by atoms with Gasteiger partial charge in [-0.3, -0.25) is 9.78 Å². The Morgan fingerprint density at radius 1 is 1.31 bits per heavy atom. The summed E-state index contributed by atoms with van der Waals surface area (Å²) in [7, 11) is 0. The minimum absolute atomic E-state index is 0.237. The number of carbonyl (C=O) groups is 1. The van der Waals surface area contributed by atoms with Crippen molar-refractivity contribution in [2.45, 2.75) is 33.4 Å². The van der Waals surface area contributed by atoms with Gasteiger partial charge in [0.05, 0.1) is 5.39 Å². The summed E-state index contributed by atoms with van der Waals surface area (Å²) >= 11 is 0. The van der Waals surface area contributed by atoms with E-state index in [1.54, 1.807) is 25.4 Å². The molecule has 0 aliphatic rings. The molecule has 6 nitrogen and oxygen atoms in total. The first-order chi connectivity index (χ1) is 12.4. The highest BCUT2D eigenvalue weighted by Crippen LogP contribution is 2.30. The lowest BCUT2D eigenvalue weighted by Crippen LogP contribution is -2.36. The van der Waals surface area contributed by atoms with Crippen molar-refractivity contribution in [1.29, 1.82) is 0 Å². The lowest BCUT2D eigenvalue weighted by Gasteiger charge is -2.17. The first-order valence-electron chi connectivity index (χ1n) is 8.32. The van der Waals surface area contributed by atoms with Gasteiger partial charge in [-0.25, -0.2) is 4.79 Å². The number of benzene rings is 1. The highest BCUT2D eigenvalue weighted by atomic mass is 16.5. The maximum Gasteiger partial charge on any atom is 0.336 e. The minimum atomic E-state index is -0.706. The molecule has 0 fully saturated rings. The van der Waals surface area contributed by atoms with E-state index in [0.29, 0.717) is 23.3 Å². The van der Waals surface area contributed by atoms with Gasteiger partial charge in [0.1, 0.15) is 11.3 Å². The van der Waals surface area contributed by atoms with Gasteiger partial charge < -0.3 is 14.5 Å². The van der Waals surface area contributed by atoms with Gasteiger partial charge in [-0.1, -0.05) is 6.07 Å². The number of nitrogens with zero attached hydrogens (tertiary/aromatic N) is 1. The number of amides is 1. The SMILES string of the molecule is Cc1cc(O[C@H](C)C(=O)NCc2cccnc2)c2c(C)cc(=O)oc2c1. The van der Waals surface area contributed by atoms with Crippen LogP contribution in [-0.2, 0) is 11.3 Å². The van der Waals surface area contributed by atoms with Gasteiger partial charge >= 0.3 is 5.63 Å². The third kappa shape index (κ3) is 3.91. The standard InChI is InChI=1S/C20H20N2O4/c1-12-7-16(19-13(2)9-18(23)26-17(19)8-12)25-14(3)20(24)22-11-15-5-4-6-21-10-15/h4-10,14H,11H2,1-3H3,(H,22,24)/t14-/m1/s1. The zero-order valence-electron chi connectivity index (χ0n) is 14.9. The number of rotatable bonds is 5. The predicted octanol–water partition coefficient (Wildman–Crippen LogP) is 2.89. The summed E-state index contributed by atoms with van der Waals surface area (Å²) in [6, 6.07) is 8.73. The van der Waals surface area contributed by atoms with E-state index in [-0.39, 0.29) is 5.91 Å². The van der Waals surface area contributed by atoms with Crippen LogP contribution in [0.3, 0.4) is 0 Å². The maximum absolute atomic E-state index is 12.4. The van der Waals surface area contributed by atoms with Gasteiger partial charge in [-0.2, -0.15) is 0 Å². The molecule has 0 radical (unpaired) electrons. The molecule has 0 unspecified atom stereocenters. The molecular weight excluding hydrogens is 332 g/mol. The third-order valence-electron chi connectivity index (χ3n) is 4.01. The number of pyridine rings is 1. The van der Waals surface area contributed by atoms with Gasteiger partial charge in [0.25, 0.3) is 5.91 Å². The molecule has 0 saturated heterocycles. The second-order valence-electron chi connectivity index (χ2n) is 6.22. The summed E-state index contributed by atoms with van der Waals surface area (Å²) in [6.07, 6.45) is 2.68. The minimum Gasteiger partial charge on any atom is -0.480 e. The summed E-state index contributed by atoms with van der Waals surface area (Å²) < 4.78 is 11.2. The smallest absolute Gasteiger partial charge is 0.336 e. The van der Waals surface area contributed by atoms with Crippen molar-refractivity contribution in [1.82, 2.24) is 10.3 Å². The van der Waals surface area contributed by atoms with E-state index in [2.05, 4.69) is 10.3 Å². The van der Waals surface area contributed by atoms with E-state index in [1.165, 1.54) is 6.07 Å². The van der Waals surface area contributed by atoms with E-state index >= 15 is 0 Å². The van der Waals surface area contributed by atoms with E-state index in [1.807, 2.05) is 32.0 Å². The van der Waals surface area contributed by atoms with Crippen molar-refractivity contribution in [3.63, 3.8) is 0 Å². The number of carbonyl (C=O) groups excluding carboxylic acids is 1. The first kappa shape index (κ1) is 17.7. The van der Waals surface area contributed by atoms with E-state index in [9.17, 15) is 9.59 Å². The molecule has 0 spiro atoms. The molecule has 1 aromatic carbocycles. The number of ether oxygens (including phenoxy) is 1. The Morgan fingerprint density at radius 3 is 2.85 bits per heavy atom. The molecule has 3 aromatic rings. The molecule has 1 N–H and O–H groups in total. The fourth-order valence-corrected chi connectivity index (χ4v) is 2.75. The zero-order chi connectivity index (χ0) is 18.7. The number of nitrogens with one attached hydrogen (secondary N) is 1. The van der Waals surface area contributed by atoms with Crippen LogP contribution >= 0.6 is 0 Å². The monoisotopic (exact) mass is 352 g/mol. The summed E-state index contributed by atoms with van der Waals surface area (Å²) in [5.74, 6) is 0.281. The van der Waals surface area contributed by atoms with Crippen LogP contribution in [0.2, 0.25) is 0 Å². The van der Waals surface area contributed by atoms with Gasteiger partial charge in [0, 0.05) is 25.0 Å². The second kappa shape index (κ2) is 7.39. The van der Waals surface area contributed by atoms with Crippen molar-refractivity contribution < 1.29 is 13.9 Å². The third-order valence-corrected chi connectivity index (χ3v) is 4.01. The molecule has 0 bridgehead atoms. The molecule has 3 rings (SSSR count). The Labute approximate surface area is 150 Å². The van der Waals surface area contributed by atoms with Crippen molar-refractivity contribution in [3.8, 4) is 5.75 Å². The van der Waals surface area contributed by atoms with E-state index in [4.69, 9.17) is 9.15 Å². The second-order valence-corrected chi connectivity index (χ2v) is 6.22. The maximum atomic E-state index is 12.4. The van der Waals surface area contributed by atoms with Gasteiger partial charge in [-0.05, 0) is 55.7 Å². The lowest BCUT2D eigenvalue weighted by molar-refractivity contribution is -0.127. The molecule has 2 heterocycles. The Hall–Kier alpha value is -3.15. The summed E-state index contributed by atoms with van der Waals surface area (Å²) in [5, 5.41) is 3.52. The average molecular weight is 352 g/mol. The van der Waals surface area contributed by atoms with Crippen molar-refractivity contribution in [2.24, 2.45) is 0 Å². The summed E-state index contributed by atoms with van der Waals surface area (Å²) in [5.41, 5.74) is 2.58. The van der Waals surface area contributed by atoms with Crippen LogP contribution in [0.4, 0.5) is 0 Å². The van der Waals surface area contributed by atoms with Gasteiger partial charge in [0.2, 0.25) is 0 Å². The lowest BCUT2D eigenvalue weighted by atomic mass is 10.1. The van der Waals surface area contributed by atoms with Crippen molar-refractivity contribution in [2.75, 3.05) is 0 Å². The van der Waals surface area contributed by atoms with Crippen molar-refractivity contribution in [3.05, 3.63) is 69.8 Å². The Balaban J connectivity index is 1.79. The number of fused-ring (bicyclic) bond motifs is 1. The average Bonchev–Trinajstić information content (AvgIpc) is 2.59. The van der Waals surface area contributed by atoms with Crippen LogP contribution in [-0.4, -0.2) is 17.0 Å². The molecule has 0 aliphatic carbocycles. The molecule has 1 amide bonds. The predicted molar refractivity (Wildman–Crippen MR) is 98.1 cm³/mol. The molecule has 6 heteroatoms. The quantitative estimate of drug-likeness (QED) is 0.714. The van der Waals surface area contributed by atoms with Crippen LogP contribution in [0.1, 0.15) is 23.6 Å². The fourth-order valence-electron chi connectivity index (χ4n) is 2.75. The van der Waals surface area contributed by atoms with Crippen molar-refractivity contribution >= 4 is 16.9 Å². The van der Waals surface area contributed by atoms with Gasteiger partial charge in [-0.15, -0.1) is 0 Å². The number of aromatic nitrogens is 1. The van der Waals surface area contributed by atoms with Crippen LogP contribution in [0.15, 0.2) is 51.9 Å². The Bertz CT molecular complexity index is 996. The molecule has 2 aromatic heterocycles. The van der Waals surface area contributed by atoms with E-state index in [0.717, 1.165) is 16.7 Å². The summed E-state index contributed by atoms with van der Waals surface area (Å²) in [4.78, 5) is 28.0. The van der Waals surface area contributed by atoms with E-state index < -0.39 is 11.7 Å². The van der Waals surface area contributed by atoms with Gasteiger partial charge in [0.15, 0.2) is 6.10 Å². The molecule has 26 heavy (non-hydrogen) atoms.